The molecular weight excluding hydrogens is 352 g/mol. The molecule has 1 heterocycles. The van der Waals surface area contributed by atoms with Crippen molar-refractivity contribution < 1.29 is 14.3 Å². The minimum absolute atomic E-state index is 0.313. The summed E-state index contributed by atoms with van der Waals surface area (Å²) < 4.78 is 5.54. The van der Waals surface area contributed by atoms with Crippen LogP contribution in [0, 0.1) is 0 Å². The Kier molecular flexibility index (Phi) is 6.69. The maximum Gasteiger partial charge on any atom is 0.338 e. The summed E-state index contributed by atoms with van der Waals surface area (Å²) >= 11 is 0. The predicted molar refractivity (Wildman–Crippen MR) is 111 cm³/mol. The Morgan fingerprint density at radius 1 is 1.04 bits per heavy atom. The van der Waals surface area contributed by atoms with Crippen molar-refractivity contribution in [3.05, 3.63) is 59.3 Å². The number of amides is 2. The zero-order valence-electron chi connectivity index (χ0n) is 16.6. The third-order valence-electron chi connectivity index (χ3n) is 5.10. The molecule has 0 radical (unpaired) electrons. The molecule has 5 heteroatoms. The molecule has 1 atom stereocenters. The summed E-state index contributed by atoms with van der Waals surface area (Å²) in [5, 5.41) is 7.67. The van der Waals surface area contributed by atoms with E-state index < -0.39 is 6.04 Å². The second-order valence-corrected chi connectivity index (χ2v) is 7.19. The molecule has 2 amide bonds. The topological polar surface area (TPSA) is 67.4 Å². The maximum atomic E-state index is 12.9. The van der Waals surface area contributed by atoms with Gasteiger partial charge < -0.3 is 15.4 Å². The number of esters is 1. The van der Waals surface area contributed by atoms with Gasteiger partial charge in [-0.05, 0) is 29.7 Å². The third-order valence-corrected chi connectivity index (χ3v) is 5.10. The minimum atomic E-state index is -0.535. The second-order valence-electron chi connectivity index (χ2n) is 7.19. The summed E-state index contributed by atoms with van der Waals surface area (Å²) in [6.45, 7) is 4.32. The molecular formula is C23H28N2O3. The fraction of sp³-hybridized carbons (Fsp3) is 0.391. The van der Waals surface area contributed by atoms with Crippen LogP contribution < -0.4 is 10.6 Å². The van der Waals surface area contributed by atoms with E-state index in [0.29, 0.717) is 17.9 Å². The van der Waals surface area contributed by atoms with Gasteiger partial charge in [-0.25, -0.2) is 9.59 Å². The summed E-state index contributed by atoms with van der Waals surface area (Å²) in [7, 11) is 0. The number of ether oxygens (including phenoxy) is 1. The van der Waals surface area contributed by atoms with Crippen LogP contribution >= 0.6 is 0 Å². The van der Waals surface area contributed by atoms with Crippen LogP contribution in [0.15, 0.2) is 53.7 Å². The molecule has 0 saturated carbocycles. The van der Waals surface area contributed by atoms with Crippen molar-refractivity contribution in [1.82, 2.24) is 10.6 Å². The van der Waals surface area contributed by atoms with Crippen LogP contribution in [0.4, 0.5) is 4.79 Å². The third kappa shape index (κ3) is 4.53. The van der Waals surface area contributed by atoms with E-state index in [4.69, 9.17) is 4.74 Å². The molecule has 2 aromatic carbocycles. The van der Waals surface area contributed by atoms with Crippen LogP contribution in [0.5, 0.6) is 0 Å². The molecule has 3 rings (SSSR count). The van der Waals surface area contributed by atoms with E-state index in [1.807, 2.05) is 42.5 Å². The van der Waals surface area contributed by atoms with Crippen LogP contribution in [-0.2, 0) is 9.53 Å². The number of rotatable bonds is 8. The number of benzene rings is 2. The molecule has 5 nitrogen and oxygen atoms in total. The smallest absolute Gasteiger partial charge is 0.338 e. The van der Waals surface area contributed by atoms with Gasteiger partial charge in [0.1, 0.15) is 0 Å². The van der Waals surface area contributed by atoms with Crippen LogP contribution in [0.25, 0.3) is 10.8 Å². The highest BCUT2D eigenvalue weighted by Crippen LogP contribution is 2.32. The number of hydrogen-bond acceptors (Lipinski definition) is 3. The summed E-state index contributed by atoms with van der Waals surface area (Å²) in [6.07, 6.45) is 5.46. The van der Waals surface area contributed by atoms with Gasteiger partial charge in [-0.15, -0.1) is 0 Å². The number of fused-ring (bicyclic) bond motifs is 1. The molecule has 0 fully saturated rings. The van der Waals surface area contributed by atoms with Gasteiger partial charge in [-0.3, -0.25) is 0 Å². The van der Waals surface area contributed by atoms with E-state index in [2.05, 4.69) is 17.6 Å². The van der Waals surface area contributed by atoms with Gasteiger partial charge >= 0.3 is 12.0 Å². The van der Waals surface area contributed by atoms with Crippen molar-refractivity contribution in [1.29, 1.82) is 0 Å². The second kappa shape index (κ2) is 9.40. The summed E-state index contributed by atoms with van der Waals surface area (Å²) in [5.41, 5.74) is 1.89. The number of unbranched alkanes of at least 4 members (excludes halogenated alkanes) is 4. The predicted octanol–water partition coefficient (Wildman–Crippen LogP) is 4.98. The molecule has 1 aliphatic heterocycles. The average Bonchev–Trinajstić information content (AvgIpc) is 2.69. The molecule has 2 aromatic rings. The van der Waals surface area contributed by atoms with Gasteiger partial charge in [-0.2, -0.15) is 0 Å². The Balaban J connectivity index is 1.82. The number of carbonyl (C=O) groups excluding carboxylic acids is 2. The molecule has 0 bridgehead atoms. The SMILES string of the molecule is CCCCCCCOC(=O)C1=C(C)NC(=O)N[C@@H]1c1cccc2ccccc12. The van der Waals surface area contributed by atoms with Gasteiger partial charge in [0.15, 0.2) is 0 Å². The Morgan fingerprint density at radius 3 is 2.61 bits per heavy atom. The number of hydrogen-bond donors (Lipinski definition) is 2. The lowest BCUT2D eigenvalue weighted by Gasteiger charge is -2.29. The molecule has 28 heavy (non-hydrogen) atoms. The largest absolute Gasteiger partial charge is 0.462 e. The van der Waals surface area contributed by atoms with E-state index in [1.54, 1.807) is 6.92 Å². The molecule has 0 spiro atoms. The molecule has 0 saturated heterocycles. The van der Waals surface area contributed by atoms with Crippen LogP contribution in [0.1, 0.15) is 57.6 Å². The summed E-state index contributed by atoms with van der Waals surface area (Å²) in [5.74, 6) is -0.376. The number of allylic oxidation sites excluding steroid dienone is 1. The molecule has 0 aromatic heterocycles. The van der Waals surface area contributed by atoms with Gasteiger partial charge in [0.05, 0.1) is 18.2 Å². The first-order chi connectivity index (χ1) is 13.6. The lowest BCUT2D eigenvalue weighted by molar-refractivity contribution is -0.139. The summed E-state index contributed by atoms with van der Waals surface area (Å²) in [6, 6.07) is 13.0. The molecule has 1 aliphatic rings. The minimum Gasteiger partial charge on any atom is -0.462 e. The van der Waals surface area contributed by atoms with Gasteiger partial charge in [-0.1, -0.05) is 75.1 Å². The monoisotopic (exact) mass is 380 g/mol. The molecule has 148 valence electrons. The van der Waals surface area contributed by atoms with Crippen LogP contribution in [-0.4, -0.2) is 18.6 Å². The molecule has 0 unspecified atom stereocenters. The first kappa shape index (κ1) is 19.9. The number of urea groups is 1. The zero-order chi connectivity index (χ0) is 19.9. The first-order valence-corrected chi connectivity index (χ1v) is 10.0. The van der Waals surface area contributed by atoms with E-state index in [1.165, 1.54) is 12.8 Å². The van der Waals surface area contributed by atoms with E-state index in [-0.39, 0.29) is 12.0 Å². The fourth-order valence-electron chi connectivity index (χ4n) is 3.65. The van der Waals surface area contributed by atoms with E-state index in [9.17, 15) is 9.59 Å². The van der Waals surface area contributed by atoms with E-state index >= 15 is 0 Å². The first-order valence-electron chi connectivity index (χ1n) is 10.0. The highest BCUT2D eigenvalue weighted by Gasteiger charge is 2.32. The fourth-order valence-corrected chi connectivity index (χ4v) is 3.65. The van der Waals surface area contributed by atoms with Crippen molar-refractivity contribution in [3.8, 4) is 0 Å². The highest BCUT2D eigenvalue weighted by molar-refractivity contribution is 5.97. The van der Waals surface area contributed by atoms with Crippen molar-refractivity contribution in [2.45, 2.75) is 52.0 Å². The Morgan fingerprint density at radius 2 is 1.79 bits per heavy atom. The quantitative estimate of drug-likeness (QED) is 0.501. The van der Waals surface area contributed by atoms with Crippen LogP contribution in [0.3, 0.4) is 0 Å². The van der Waals surface area contributed by atoms with Crippen molar-refractivity contribution in [2.75, 3.05) is 6.61 Å². The lowest BCUT2D eigenvalue weighted by atomic mass is 9.91. The van der Waals surface area contributed by atoms with Crippen molar-refractivity contribution >= 4 is 22.8 Å². The van der Waals surface area contributed by atoms with Crippen molar-refractivity contribution in [3.63, 3.8) is 0 Å². The molecule has 0 aliphatic carbocycles. The van der Waals surface area contributed by atoms with E-state index in [0.717, 1.165) is 35.6 Å². The maximum absolute atomic E-state index is 12.9. The Bertz CT molecular complexity index is 883. The lowest BCUT2D eigenvalue weighted by Crippen LogP contribution is -2.45. The van der Waals surface area contributed by atoms with Gasteiger partial charge in [0.25, 0.3) is 0 Å². The van der Waals surface area contributed by atoms with Gasteiger partial charge in [0, 0.05) is 5.70 Å². The van der Waals surface area contributed by atoms with Crippen molar-refractivity contribution in [2.24, 2.45) is 0 Å². The average molecular weight is 380 g/mol. The standard InChI is InChI=1S/C23H28N2O3/c1-3-4-5-6-9-15-28-22(26)20-16(2)24-23(27)25-21(20)19-14-10-12-17-11-7-8-13-18(17)19/h7-8,10-14,21H,3-6,9,15H2,1-2H3,(H2,24,25,27)/t21-/m1/s1. The zero-order valence-corrected chi connectivity index (χ0v) is 16.6. The Hall–Kier alpha value is -2.82. The molecule has 2 N–H and O–H groups in total. The Labute approximate surface area is 166 Å². The van der Waals surface area contributed by atoms with Gasteiger partial charge in [0.2, 0.25) is 0 Å². The van der Waals surface area contributed by atoms with Crippen LogP contribution in [0.2, 0.25) is 0 Å². The summed E-state index contributed by atoms with van der Waals surface area (Å²) in [4.78, 5) is 25.0. The normalized spacial score (nSPS) is 16.6. The highest BCUT2D eigenvalue weighted by atomic mass is 16.5. The number of nitrogens with one attached hydrogen (secondary N) is 2. The number of carbonyl (C=O) groups is 2.